The molecule has 0 bridgehead atoms. The molecule has 2 N–H and O–H groups in total. The summed E-state index contributed by atoms with van der Waals surface area (Å²) >= 11 is 5.61. The molecule has 2 saturated heterocycles. The number of methoxy groups -OCH3 is 2. The second-order valence-electron chi connectivity index (χ2n) is 11.8. The standard InChI is InChI=1S/C34H38F3N5O4S/c1-40-17-15-33(16-18-40,31(44)38-27-14-13-26(45-2)19-29(27)46-3)42(20-23-9-11-25(12-10-23)34(35,36)37)30(43)22-41-21-28(39-32(41)47)24-7-5-4-6-8-24/h4-14,19,28H,15-18,20-22H2,1-3H3,(H,38,44)(H,39,47). The van der Waals surface area contributed by atoms with E-state index in [0.717, 1.165) is 17.7 Å². The molecule has 2 aliphatic rings. The average Bonchev–Trinajstić information content (AvgIpc) is 3.44. The summed E-state index contributed by atoms with van der Waals surface area (Å²) in [6.45, 7) is 1.28. The molecule has 1 atom stereocenters. The highest BCUT2D eigenvalue weighted by molar-refractivity contribution is 7.80. The number of ether oxygens (including phenoxy) is 2. The number of nitrogens with zero attached hydrogens (tertiary/aromatic N) is 3. The van der Waals surface area contributed by atoms with Gasteiger partial charge in [0.1, 0.15) is 17.0 Å². The summed E-state index contributed by atoms with van der Waals surface area (Å²) in [5.74, 6) is 0.126. The first kappa shape index (κ1) is 34.0. The van der Waals surface area contributed by atoms with Crippen LogP contribution in [0.2, 0.25) is 0 Å². The maximum Gasteiger partial charge on any atom is 0.416 e. The maximum atomic E-state index is 14.5. The highest BCUT2D eigenvalue weighted by atomic mass is 32.1. The van der Waals surface area contributed by atoms with E-state index in [1.54, 1.807) is 23.1 Å². The van der Waals surface area contributed by atoms with Crippen molar-refractivity contribution in [2.75, 3.05) is 52.8 Å². The highest BCUT2D eigenvalue weighted by Crippen LogP contribution is 2.36. The van der Waals surface area contributed by atoms with Crippen LogP contribution in [0.15, 0.2) is 72.8 Å². The lowest BCUT2D eigenvalue weighted by Gasteiger charge is -2.47. The first-order valence-electron chi connectivity index (χ1n) is 15.2. The molecule has 0 aromatic heterocycles. The number of piperidine rings is 1. The zero-order valence-corrected chi connectivity index (χ0v) is 27.3. The molecule has 1 unspecified atom stereocenters. The first-order chi connectivity index (χ1) is 22.4. The summed E-state index contributed by atoms with van der Waals surface area (Å²) in [6, 6.07) is 19.3. The Balaban J connectivity index is 1.49. The van der Waals surface area contributed by atoms with Crippen LogP contribution >= 0.6 is 12.2 Å². The fraction of sp³-hybridized carbons (Fsp3) is 0.382. The molecule has 0 aliphatic carbocycles. The number of carbonyl (C=O) groups excluding carboxylic acids is 2. The van der Waals surface area contributed by atoms with Crippen molar-refractivity contribution in [2.24, 2.45) is 0 Å². The Kier molecular flexibility index (Phi) is 10.3. The van der Waals surface area contributed by atoms with Gasteiger partial charge >= 0.3 is 6.18 Å². The van der Waals surface area contributed by atoms with E-state index >= 15 is 0 Å². The quantitative estimate of drug-likeness (QED) is 0.289. The fourth-order valence-electron chi connectivity index (χ4n) is 6.06. The van der Waals surface area contributed by atoms with E-state index in [4.69, 9.17) is 21.7 Å². The van der Waals surface area contributed by atoms with Gasteiger partial charge in [0.05, 0.1) is 38.1 Å². The number of alkyl halides is 3. The molecule has 0 saturated carbocycles. The Morgan fingerprint density at radius 2 is 1.70 bits per heavy atom. The van der Waals surface area contributed by atoms with Crippen LogP contribution in [0.5, 0.6) is 11.5 Å². The monoisotopic (exact) mass is 669 g/mol. The lowest BCUT2D eigenvalue weighted by Crippen LogP contribution is -2.64. The minimum atomic E-state index is -4.51. The van der Waals surface area contributed by atoms with Crippen LogP contribution in [0.25, 0.3) is 0 Å². The summed E-state index contributed by atoms with van der Waals surface area (Å²) in [6.07, 6.45) is -3.90. The minimum absolute atomic E-state index is 0.0794. The molecule has 3 aromatic carbocycles. The predicted octanol–water partition coefficient (Wildman–Crippen LogP) is 5.09. The maximum absolute atomic E-state index is 14.5. The third-order valence-electron chi connectivity index (χ3n) is 8.85. The number of likely N-dealkylation sites (tertiary alicyclic amines) is 1. The SMILES string of the molecule is COc1ccc(NC(=O)C2(N(Cc3ccc(C(F)(F)F)cc3)C(=O)CN3CC(c4ccccc4)NC3=S)CCN(C)CC2)c(OC)c1. The number of hydrogen-bond acceptors (Lipinski definition) is 6. The third-order valence-corrected chi connectivity index (χ3v) is 9.23. The number of thiocarbonyl (C=S) groups is 1. The van der Waals surface area contributed by atoms with Crippen molar-refractivity contribution in [3.63, 3.8) is 0 Å². The molecule has 2 aliphatic heterocycles. The smallest absolute Gasteiger partial charge is 0.416 e. The molecule has 47 heavy (non-hydrogen) atoms. The van der Waals surface area contributed by atoms with Crippen molar-refractivity contribution < 1.29 is 32.2 Å². The molecule has 0 spiro atoms. The van der Waals surface area contributed by atoms with Gasteiger partial charge in [0.25, 0.3) is 5.91 Å². The van der Waals surface area contributed by atoms with Crippen LogP contribution in [-0.2, 0) is 22.3 Å². The molecule has 9 nitrogen and oxygen atoms in total. The Bertz CT molecular complexity index is 1580. The molecule has 0 radical (unpaired) electrons. The molecule has 2 fully saturated rings. The summed E-state index contributed by atoms with van der Waals surface area (Å²) in [5.41, 5.74) is -0.243. The van der Waals surface area contributed by atoms with Crippen molar-refractivity contribution in [3.05, 3.63) is 89.5 Å². The van der Waals surface area contributed by atoms with E-state index in [9.17, 15) is 22.8 Å². The van der Waals surface area contributed by atoms with Gasteiger partial charge in [-0.1, -0.05) is 42.5 Å². The van der Waals surface area contributed by atoms with Crippen LogP contribution in [-0.4, -0.2) is 84.6 Å². The van der Waals surface area contributed by atoms with E-state index in [1.165, 1.54) is 31.3 Å². The van der Waals surface area contributed by atoms with E-state index in [2.05, 4.69) is 15.5 Å². The summed E-state index contributed by atoms with van der Waals surface area (Å²) in [4.78, 5) is 34.3. The molecule has 2 amide bonds. The first-order valence-corrected chi connectivity index (χ1v) is 15.6. The summed E-state index contributed by atoms with van der Waals surface area (Å²) < 4.78 is 50.9. The largest absolute Gasteiger partial charge is 0.497 e. The molecule has 3 aromatic rings. The van der Waals surface area contributed by atoms with Gasteiger partial charge in [0, 0.05) is 32.2 Å². The van der Waals surface area contributed by atoms with Gasteiger partial charge in [-0.25, -0.2) is 0 Å². The van der Waals surface area contributed by atoms with Gasteiger partial charge in [-0.2, -0.15) is 13.2 Å². The van der Waals surface area contributed by atoms with Crippen molar-refractivity contribution >= 4 is 34.8 Å². The molecule has 5 rings (SSSR count). The van der Waals surface area contributed by atoms with E-state index < -0.39 is 23.2 Å². The second kappa shape index (κ2) is 14.2. The normalized spacial score (nSPS) is 18.0. The second-order valence-corrected chi connectivity index (χ2v) is 12.2. The molecule has 13 heteroatoms. The van der Waals surface area contributed by atoms with Gasteiger partial charge in [-0.15, -0.1) is 0 Å². The Hall–Kier alpha value is -4.36. The van der Waals surface area contributed by atoms with Gasteiger partial charge in [0.2, 0.25) is 5.91 Å². The molecular weight excluding hydrogens is 631 g/mol. The van der Waals surface area contributed by atoms with Crippen molar-refractivity contribution in [1.82, 2.24) is 20.0 Å². The Labute approximate surface area is 277 Å². The van der Waals surface area contributed by atoms with Crippen LogP contribution in [0.4, 0.5) is 18.9 Å². The predicted molar refractivity (Wildman–Crippen MR) is 176 cm³/mol. The Morgan fingerprint density at radius 1 is 1.02 bits per heavy atom. The van der Waals surface area contributed by atoms with Crippen LogP contribution in [0.1, 0.15) is 35.6 Å². The van der Waals surface area contributed by atoms with Crippen LogP contribution in [0, 0.1) is 0 Å². The third kappa shape index (κ3) is 7.62. The van der Waals surface area contributed by atoms with E-state index in [-0.39, 0.29) is 25.0 Å². The number of nitrogens with one attached hydrogen (secondary N) is 2. The molecule has 2 heterocycles. The fourth-order valence-corrected chi connectivity index (χ4v) is 6.34. The number of hydrogen-bond donors (Lipinski definition) is 2. The zero-order valence-electron chi connectivity index (χ0n) is 26.5. The lowest BCUT2D eigenvalue weighted by atomic mass is 9.83. The highest BCUT2D eigenvalue weighted by Gasteiger charge is 2.49. The topological polar surface area (TPSA) is 86.4 Å². The number of amides is 2. The van der Waals surface area contributed by atoms with E-state index in [0.29, 0.717) is 60.3 Å². The number of carbonyl (C=O) groups is 2. The average molecular weight is 670 g/mol. The number of rotatable bonds is 10. The van der Waals surface area contributed by atoms with Gasteiger partial charge in [-0.3, -0.25) is 9.59 Å². The zero-order chi connectivity index (χ0) is 33.8. The van der Waals surface area contributed by atoms with Crippen molar-refractivity contribution in [3.8, 4) is 11.5 Å². The minimum Gasteiger partial charge on any atom is -0.497 e. The summed E-state index contributed by atoms with van der Waals surface area (Å²) in [7, 11) is 4.94. The summed E-state index contributed by atoms with van der Waals surface area (Å²) in [5, 5.41) is 6.67. The van der Waals surface area contributed by atoms with Crippen LogP contribution < -0.4 is 20.1 Å². The molecule has 250 valence electrons. The Morgan fingerprint density at radius 3 is 2.32 bits per heavy atom. The van der Waals surface area contributed by atoms with Crippen molar-refractivity contribution in [1.29, 1.82) is 0 Å². The van der Waals surface area contributed by atoms with Gasteiger partial charge in [0.15, 0.2) is 5.11 Å². The van der Waals surface area contributed by atoms with Crippen LogP contribution in [0.3, 0.4) is 0 Å². The van der Waals surface area contributed by atoms with Gasteiger partial charge < -0.3 is 34.8 Å². The lowest BCUT2D eigenvalue weighted by molar-refractivity contribution is -0.150. The van der Waals surface area contributed by atoms with E-state index in [1.807, 2.05) is 37.4 Å². The number of halogens is 3. The number of anilines is 1. The van der Waals surface area contributed by atoms with Crippen molar-refractivity contribution in [2.45, 2.75) is 37.1 Å². The van der Waals surface area contributed by atoms with Gasteiger partial charge in [-0.05, 0) is 67.5 Å². The number of benzene rings is 3. The molecular formula is C34H38F3N5O4S.